The Hall–Kier alpha value is -1.54. The second-order valence-electron chi connectivity index (χ2n) is 5.27. The molecule has 5 heteroatoms. The molecule has 0 aliphatic heterocycles. The van der Waals surface area contributed by atoms with E-state index in [-0.39, 0.29) is 0 Å². The summed E-state index contributed by atoms with van der Waals surface area (Å²) in [5.74, 6) is 1.65. The Labute approximate surface area is 123 Å². The average Bonchev–Trinajstić information content (AvgIpc) is 2.44. The van der Waals surface area contributed by atoms with E-state index in [1.54, 1.807) is 20.3 Å². The predicted molar refractivity (Wildman–Crippen MR) is 79.6 cm³/mol. The number of methoxy groups -OCH3 is 2. The summed E-state index contributed by atoms with van der Waals surface area (Å²) in [5.41, 5.74) is 0.441. The maximum Gasteiger partial charge on any atom is 0.161 e. The molecule has 0 radical (unpaired) electrons. The summed E-state index contributed by atoms with van der Waals surface area (Å²) in [6.07, 6.45) is 0.587. The van der Waals surface area contributed by atoms with Gasteiger partial charge in [-0.1, -0.05) is 0 Å². The molecule has 0 saturated heterocycles. The zero-order chi connectivity index (χ0) is 15.3. The van der Waals surface area contributed by atoms with E-state index in [0.29, 0.717) is 23.7 Å². The quantitative estimate of drug-likeness (QED) is 0.809. The van der Waals surface area contributed by atoms with Crippen molar-refractivity contribution in [2.45, 2.75) is 32.1 Å². The maximum absolute atomic E-state index is 12.4. The van der Waals surface area contributed by atoms with Crippen LogP contribution in [0.1, 0.15) is 25.8 Å². The number of nitrogens with zero attached hydrogens (tertiary/aromatic N) is 1. The van der Waals surface area contributed by atoms with Gasteiger partial charge < -0.3 is 9.47 Å². The van der Waals surface area contributed by atoms with Crippen LogP contribution in [-0.2, 0) is 10.8 Å². The predicted octanol–water partition coefficient (Wildman–Crippen LogP) is 3.06. The zero-order valence-electron chi connectivity index (χ0n) is 12.6. The van der Waals surface area contributed by atoms with Gasteiger partial charge in [-0.3, -0.25) is 4.21 Å². The summed E-state index contributed by atoms with van der Waals surface area (Å²) < 4.78 is 22.9. The molecule has 0 amide bonds. The lowest BCUT2D eigenvalue weighted by molar-refractivity contribution is 0.353. The van der Waals surface area contributed by atoms with Crippen LogP contribution < -0.4 is 9.47 Å². The van der Waals surface area contributed by atoms with Crippen LogP contribution >= 0.6 is 0 Å². The molecule has 110 valence electrons. The van der Waals surface area contributed by atoms with Gasteiger partial charge in [-0.25, -0.2) is 0 Å². The van der Waals surface area contributed by atoms with E-state index in [9.17, 15) is 4.21 Å². The first-order chi connectivity index (χ1) is 9.34. The van der Waals surface area contributed by atoms with E-state index < -0.39 is 16.2 Å². The fraction of sp³-hybridized carbons (Fsp3) is 0.533. The van der Waals surface area contributed by atoms with Crippen molar-refractivity contribution in [1.82, 2.24) is 0 Å². The number of nitriles is 1. The van der Waals surface area contributed by atoms with Crippen molar-refractivity contribution in [3.63, 3.8) is 0 Å². The van der Waals surface area contributed by atoms with Crippen molar-refractivity contribution in [3.05, 3.63) is 17.7 Å². The zero-order valence-corrected chi connectivity index (χ0v) is 13.5. The normalized spacial score (nSPS) is 12.6. The molecule has 0 saturated carbocycles. The summed E-state index contributed by atoms with van der Waals surface area (Å²) in [6, 6.07) is 5.80. The summed E-state index contributed by atoms with van der Waals surface area (Å²) in [5, 5.41) is 9.00. The highest BCUT2D eigenvalue weighted by Gasteiger charge is 2.20. The molecule has 0 aromatic heterocycles. The van der Waals surface area contributed by atoms with Gasteiger partial charge in [-0.2, -0.15) is 5.26 Å². The standard InChI is InChI=1S/C15H21NO3S/c1-11-8-12(18-4)13(19-5)9-14(11)20(17)7-6-15(2,3)10-16/h8-9H,6-7H2,1-5H3. The number of ether oxygens (including phenoxy) is 2. The number of rotatable bonds is 6. The molecule has 4 nitrogen and oxygen atoms in total. The number of benzene rings is 1. The van der Waals surface area contributed by atoms with Gasteiger partial charge in [-0.15, -0.1) is 0 Å². The molecule has 0 aliphatic rings. The second kappa shape index (κ2) is 6.76. The molecule has 1 rings (SSSR count). The van der Waals surface area contributed by atoms with Gasteiger partial charge >= 0.3 is 0 Å². The first kappa shape index (κ1) is 16.5. The molecule has 0 N–H and O–H groups in total. The summed E-state index contributed by atoms with van der Waals surface area (Å²) >= 11 is 0. The molecule has 1 unspecified atom stereocenters. The van der Waals surface area contributed by atoms with Gasteiger partial charge in [0.15, 0.2) is 11.5 Å². The van der Waals surface area contributed by atoms with Crippen LogP contribution in [0.5, 0.6) is 11.5 Å². The molecule has 0 bridgehead atoms. The number of hydrogen-bond donors (Lipinski definition) is 0. The summed E-state index contributed by atoms with van der Waals surface area (Å²) in [4.78, 5) is 0.733. The van der Waals surface area contributed by atoms with Gasteiger partial charge in [0.1, 0.15) is 0 Å². The van der Waals surface area contributed by atoms with Gasteiger partial charge in [0.05, 0.1) is 36.5 Å². The van der Waals surface area contributed by atoms with Crippen LogP contribution in [0.4, 0.5) is 0 Å². The van der Waals surface area contributed by atoms with Gasteiger partial charge in [0.25, 0.3) is 0 Å². The van der Waals surface area contributed by atoms with Crippen molar-refractivity contribution in [2.24, 2.45) is 5.41 Å². The smallest absolute Gasteiger partial charge is 0.161 e. The molecule has 20 heavy (non-hydrogen) atoms. The van der Waals surface area contributed by atoms with E-state index >= 15 is 0 Å². The van der Waals surface area contributed by atoms with Gasteiger partial charge in [0, 0.05) is 16.7 Å². The maximum atomic E-state index is 12.4. The van der Waals surface area contributed by atoms with Gasteiger partial charge in [-0.05, 0) is 38.8 Å². The lowest BCUT2D eigenvalue weighted by atomic mass is 9.93. The SMILES string of the molecule is COc1cc(C)c(S(=O)CCC(C)(C)C#N)cc1OC. The minimum Gasteiger partial charge on any atom is -0.493 e. The number of hydrogen-bond acceptors (Lipinski definition) is 4. The summed E-state index contributed by atoms with van der Waals surface area (Å²) in [6.45, 7) is 5.60. The fourth-order valence-corrected chi connectivity index (χ4v) is 3.29. The third kappa shape index (κ3) is 3.97. The summed E-state index contributed by atoms with van der Waals surface area (Å²) in [7, 11) is 1.98. The minimum absolute atomic E-state index is 0.455. The van der Waals surface area contributed by atoms with Crippen LogP contribution in [-0.4, -0.2) is 24.2 Å². The van der Waals surface area contributed by atoms with E-state index in [4.69, 9.17) is 14.7 Å². The largest absolute Gasteiger partial charge is 0.493 e. The Kier molecular flexibility index (Phi) is 5.58. The van der Waals surface area contributed by atoms with Crippen molar-refractivity contribution < 1.29 is 13.7 Å². The molecular formula is C15H21NO3S. The van der Waals surface area contributed by atoms with Crippen molar-refractivity contribution >= 4 is 10.8 Å². The molecule has 1 atom stereocenters. The molecule has 1 aromatic carbocycles. The second-order valence-corrected chi connectivity index (χ2v) is 6.81. The van der Waals surface area contributed by atoms with E-state index in [1.807, 2.05) is 26.8 Å². The third-order valence-electron chi connectivity index (χ3n) is 3.14. The van der Waals surface area contributed by atoms with Crippen molar-refractivity contribution in [2.75, 3.05) is 20.0 Å². The van der Waals surface area contributed by atoms with Crippen LogP contribution in [0.3, 0.4) is 0 Å². The van der Waals surface area contributed by atoms with Crippen LogP contribution in [0, 0.1) is 23.7 Å². The Morgan fingerprint density at radius 2 is 1.80 bits per heavy atom. The van der Waals surface area contributed by atoms with Gasteiger partial charge in [0.2, 0.25) is 0 Å². The Balaban J connectivity index is 2.97. The van der Waals surface area contributed by atoms with Crippen LogP contribution in [0.25, 0.3) is 0 Å². The molecule has 0 fully saturated rings. The third-order valence-corrected chi connectivity index (χ3v) is 4.65. The number of aryl methyl sites for hydroxylation is 1. The van der Waals surface area contributed by atoms with E-state index in [1.165, 1.54) is 0 Å². The van der Waals surface area contributed by atoms with E-state index in [0.717, 1.165) is 10.5 Å². The molecular weight excluding hydrogens is 274 g/mol. The Morgan fingerprint density at radius 3 is 2.30 bits per heavy atom. The first-order valence-corrected chi connectivity index (χ1v) is 7.69. The molecule has 0 spiro atoms. The van der Waals surface area contributed by atoms with Crippen LogP contribution in [0.15, 0.2) is 17.0 Å². The Morgan fingerprint density at radius 1 is 1.25 bits per heavy atom. The van der Waals surface area contributed by atoms with Crippen molar-refractivity contribution in [3.8, 4) is 17.6 Å². The first-order valence-electron chi connectivity index (χ1n) is 6.37. The molecule has 1 aromatic rings. The molecule has 0 heterocycles. The fourth-order valence-electron chi connectivity index (χ4n) is 1.72. The Bertz CT molecular complexity index is 547. The lowest BCUT2D eigenvalue weighted by Gasteiger charge is -2.16. The highest BCUT2D eigenvalue weighted by Crippen LogP contribution is 2.32. The highest BCUT2D eigenvalue weighted by atomic mass is 32.2. The van der Waals surface area contributed by atoms with E-state index in [2.05, 4.69) is 6.07 Å². The average molecular weight is 295 g/mol. The molecule has 0 aliphatic carbocycles. The monoisotopic (exact) mass is 295 g/mol. The minimum atomic E-state index is -1.15. The van der Waals surface area contributed by atoms with Crippen molar-refractivity contribution in [1.29, 1.82) is 5.26 Å². The van der Waals surface area contributed by atoms with Crippen LogP contribution in [0.2, 0.25) is 0 Å². The highest BCUT2D eigenvalue weighted by molar-refractivity contribution is 7.85. The topological polar surface area (TPSA) is 59.3 Å². The lowest BCUT2D eigenvalue weighted by Crippen LogP contribution is -2.13.